The van der Waals surface area contributed by atoms with E-state index in [1.807, 2.05) is 4.90 Å². The van der Waals surface area contributed by atoms with Crippen molar-refractivity contribution in [3.8, 4) is 0 Å². The molecular weight excluding hydrogens is 216 g/mol. The van der Waals surface area contributed by atoms with Crippen molar-refractivity contribution in [3.63, 3.8) is 0 Å². The van der Waals surface area contributed by atoms with E-state index in [2.05, 4.69) is 19.2 Å². The van der Waals surface area contributed by atoms with E-state index in [4.69, 9.17) is 4.74 Å². The van der Waals surface area contributed by atoms with Gasteiger partial charge in [0.2, 0.25) is 5.91 Å². The van der Waals surface area contributed by atoms with Crippen molar-refractivity contribution in [2.45, 2.75) is 70.3 Å². The fourth-order valence-corrected chi connectivity index (χ4v) is 2.88. The Bertz CT molecular complexity index is 277. The van der Waals surface area contributed by atoms with Gasteiger partial charge in [0.15, 0.2) is 0 Å². The molecule has 98 valence electrons. The van der Waals surface area contributed by atoms with E-state index >= 15 is 0 Å². The average Bonchev–Trinajstić information content (AvgIpc) is 2.52. The summed E-state index contributed by atoms with van der Waals surface area (Å²) in [6, 6.07) is 0.438. The Kier molecular flexibility index (Phi) is 4.05. The minimum Gasteiger partial charge on any atom is -0.381 e. The lowest BCUT2D eigenvalue weighted by Crippen LogP contribution is -2.52. The fraction of sp³-hybridized carbons (Fsp3) is 0.923. The van der Waals surface area contributed by atoms with Crippen molar-refractivity contribution in [1.82, 2.24) is 10.2 Å². The number of unbranched alkanes of at least 4 members (excludes halogenated alkanes) is 1. The van der Waals surface area contributed by atoms with Gasteiger partial charge < -0.3 is 9.64 Å². The summed E-state index contributed by atoms with van der Waals surface area (Å²) in [5.74, 6) is 0.297. The van der Waals surface area contributed by atoms with E-state index in [-0.39, 0.29) is 12.2 Å². The Labute approximate surface area is 104 Å². The van der Waals surface area contributed by atoms with Crippen LogP contribution in [0.5, 0.6) is 0 Å². The number of rotatable bonds is 5. The molecule has 1 amide bonds. The van der Waals surface area contributed by atoms with Crippen molar-refractivity contribution < 1.29 is 9.53 Å². The molecule has 2 atom stereocenters. The van der Waals surface area contributed by atoms with Crippen LogP contribution in [-0.2, 0) is 9.53 Å². The molecule has 1 saturated heterocycles. The monoisotopic (exact) mass is 240 g/mol. The Hall–Kier alpha value is -0.610. The van der Waals surface area contributed by atoms with Crippen LogP contribution in [0.15, 0.2) is 0 Å². The first kappa shape index (κ1) is 12.8. The minimum atomic E-state index is 0.0477. The molecule has 0 spiro atoms. The molecule has 0 radical (unpaired) electrons. The molecule has 2 fully saturated rings. The molecule has 4 heteroatoms. The van der Waals surface area contributed by atoms with Gasteiger partial charge in [-0.05, 0) is 26.2 Å². The van der Waals surface area contributed by atoms with Crippen LogP contribution in [0.1, 0.15) is 46.0 Å². The Morgan fingerprint density at radius 2 is 2.18 bits per heavy atom. The molecule has 0 bridgehead atoms. The molecule has 2 aliphatic rings. The third-order valence-electron chi connectivity index (χ3n) is 4.06. The zero-order chi connectivity index (χ0) is 12.4. The second kappa shape index (κ2) is 5.36. The molecule has 0 aromatic rings. The van der Waals surface area contributed by atoms with Gasteiger partial charge in [0, 0.05) is 13.2 Å². The molecule has 17 heavy (non-hydrogen) atoms. The van der Waals surface area contributed by atoms with Gasteiger partial charge in [0.25, 0.3) is 0 Å². The SMILES string of the molecule is CCCCC1NC(C)N(C2CC(OC)C2)C1=O. The molecule has 1 aliphatic heterocycles. The number of nitrogens with one attached hydrogen (secondary N) is 1. The molecule has 4 nitrogen and oxygen atoms in total. The molecule has 2 rings (SSSR count). The van der Waals surface area contributed by atoms with Gasteiger partial charge in [-0.1, -0.05) is 19.8 Å². The largest absolute Gasteiger partial charge is 0.381 e. The standard InChI is InChI=1S/C13H24N2O2/c1-4-5-6-12-13(16)15(9(2)14-12)10-7-11(8-10)17-3/h9-12,14H,4-8H2,1-3H3. The van der Waals surface area contributed by atoms with Crippen LogP contribution in [0.4, 0.5) is 0 Å². The number of hydrogen-bond donors (Lipinski definition) is 1. The normalized spacial score (nSPS) is 37.4. The van der Waals surface area contributed by atoms with Gasteiger partial charge in [-0.2, -0.15) is 0 Å². The summed E-state index contributed by atoms with van der Waals surface area (Å²) >= 11 is 0. The van der Waals surface area contributed by atoms with E-state index < -0.39 is 0 Å². The smallest absolute Gasteiger partial charge is 0.241 e. The maximum absolute atomic E-state index is 12.3. The number of carbonyl (C=O) groups excluding carboxylic acids is 1. The average molecular weight is 240 g/mol. The van der Waals surface area contributed by atoms with E-state index in [1.54, 1.807) is 7.11 Å². The van der Waals surface area contributed by atoms with Crippen molar-refractivity contribution >= 4 is 5.91 Å². The van der Waals surface area contributed by atoms with Gasteiger partial charge in [0.05, 0.1) is 18.3 Å². The zero-order valence-corrected chi connectivity index (χ0v) is 11.1. The second-order valence-corrected chi connectivity index (χ2v) is 5.27. The molecule has 1 heterocycles. The lowest BCUT2D eigenvalue weighted by Gasteiger charge is -2.41. The van der Waals surface area contributed by atoms with Crippen LogP contribution < -0.4 is 5.32 Å². The van der Waals surface area contributed by atoms with Crippen molar-refractivity contribution in [3.05, 3.63) is 0 Å². The summed E-state index contributed by atoms with van der Waals surface area (Å²) in [5.41, 5.74) is 0. The van der Waals surface area contributed by atoms with Crippen LogP contribution >= 0.6 is 0 Å². The molecule has 1 saturated carbocycles. The van der Waals surface area contributed by atoms with Gasteiger partial charge in [-0.25, -0.2) is 0 Å². The zero-order valence-electron chi connectivity index (χ0n) is 11.1. The molecule has 0 aromatic heterocycles. The van der Waals surface area contributed by atoms with Crippen LogP contribution in [0.2, 0.25) is 0 Å². The first-order valence-corrected chi connectivity index (χ1v) is 6.78. The summed E-state index contributed by atoms with van der Waals surface area (Å²) in [7, 11) is 1.75. The van der Waals surface area contributed by atoms with E-state index in [0.29, 0.717) is 18.1 Å². The molecule has 1 aliphatic carbocycles. The van der Waals surface area contributed by atoms with Crippen molar-refractivity contribution in [2.75, 3.05) is 7.11 Å². The topological polar surface area (TPSA) is 41.6 Å². The first-order valence-electron chi connectivity index (χ1n) is 6.78. The molecule has 1 N–H and O–H groups in total. The second-order valence-electron chi connectivity index (χ2n) is 5.27. The highest BCUT2D eigenvalue weighted by Gasteiger charge is 2.44. The van der Waals surface area contributed by atoms with Crippen molar-refractivity contribution in [2.24, 2.45) is 0 Å². The minimum absolute atomic E-state index is 0.0477. The molecular formula is C13H24N2O2. The predicted molar refractivity (Wildman–Crippen MR) is 66.6 cm³/mol. The van der Waals surface area contributed by atoms with Gasteiger partial charge in [-0.15, -0.1) is 0 Å². The van der Waals surface area contributed by atoms with Gasteiger partial charge >= 0.3 is 0 Å². The number of methoxy groups -OCH3 is 1. The third-order valence-corrected chi connectivity index (χ3v) is 4.06. The predicted octanol–water partition coefficient (Wildman–Crippen LogP) is 1.50. The van der Waals surface area contributed by atoms with Crippen LogP contribution in [-0.4, -0.2) is 42.3 Å². The van der Waals surface area contributed by atoms with Crippen LogP contribution in [0.25, 0.3) is 0 Å². The van der Waals surface area contributed by atoms with Gasteiger partial charge in [0.1, 0.15) is 0 Å². The fourth-order valence-electron chi connectivity index (χ4n) is 2.88. The third kappa shape index (κ3) is 2.47. The van der Waals surface area contributed by atoms with E-state index in [9.17, 15) is 4.79 Å². The Morgan fingerprint density at radius 3 is 2.76 bits per heavy atom. The Morgan fingerprint density at radius 1 is 1.47 bits per heavy atom. The first-order chi connectivity index (χ1) is 8.17. The number of carbonyl (C=O) groups is 1. The summed E-state index contributed by atoms with van der Waals surface area (Å²) in [4.78, 5) is 14.3. The maximum Gasteiger partial charge on any atom is 0.241 e. The summed E-state index contributed by atoms with van der Waals surface area (Å²) < 4.78 is 5.28. The quantitative estimate of drug-likeness (QED) is 0.792. The molecule has 0 aromatic carbocycles. The van der Waals surface area contributed by atoms with E-state index in [1.165, 1.54) is 0 Å². The number of ether oxygens (including phenoxy) is 1. The summed E-state index contributed by atoms with van der Waals surface area (Å²) in [6.45, 7) is 4.25. The highest BCUT2D eigenvalue weighted by molar-refractivity contribution is 5.84. The van der Waals surface area contributed by atoms with Crippen molar-refractivity contribution in [1.29, 1.82) is 0 Å². The van der Waals surface area contributed by atoms with Gasteiger partial charge in [-0.3, -0.25) is 10.1 Å². The lowest BCUT2D eigenvalue weighted by molar-refractivity contribution is -0.137. The lowest BCUT2D eigenvalue weighted by atomic mass is 9.87. The number of amides is 1. The van der Waals surface area contributed by atoms with Crippen LogP contribution in [0.3, 0.4) is 0 Å². The van der Waals surface area contributed by atoms with E-state index in [0.717, 1.165) is 32.1 Å². The number of hydrogen-bond acceptors (Lipinski definition) is 3. The highest BCUT2D eigenvalue weighted by Crippen LogP contribution is 2.31. The Balaban J connectivity index is 1.88. The van der Waals surface area contributed by atoms with Crippen LogP contribution in [0, 0.1) is 0 Å². The highest BCUT2D eigenvalue weighted by atomic mass is 16.5. The molecule has 2 unspecified atom stereocenters. The maximum atomic E-state index is 12.3. The summed E-state index contributed by atoms with van der Waals surface area (Å²) in [5, 5.41) is 3.41. The summed E-state index contributed by atoms with van der Waals surface area (Å²) in [6.07, 6.45) is 5.77. The number of nitrogens with zero attached hydrogens (tertiary/aromatic N) is 1.